The number of nitrogens with one attached hydrogen (secondary N) is 3. The van der Waals surface area contributed by atoms with Crippen molar-refractivity contribution < 1.29 is 4.79 Å². The molecule has 0 saturated heterocycles. The first-order valence-corrected chi connectivity index (χ1v) is 9.57. The fourth-order valence-corrected chi connectivity index (χ4v) is 2.90. The molecule has 0 fully saturated rings. The Bertz CT molecular complexity index is 671. The second-order valence-corrected chi connectivity index (χ2v) is 6.46. The fraction of sp³-hybridized carbons (Fsp3) is 0.368. The highest BCUT2D eigenvalue weighted by Gasteiger charge is 2.02. The minimum Gasteiger partial charge on any atom is -0.357 e. The highest BCUT2D eigenvalue weighted by molar-refractivity contribution is 14.0. The quantitative estimate of drug-likeness (QED) is 0.295. The number of carbonyl (C=O) groups excluding carboxylic acids is 1. The normalized spacial score (nSPS) is 10.8. The Balaban J connectivity index is 0.00000338. The molecule has 0 aliphatic carbocycles. The number of guanidine groups is 1. The zero-order valence-electron chi connectivity index (χ0n) is 15.2. The SMILES string of the molecule is CCCC(=O)Nc1ccc(CNC(=NCc2ccsc2)NCC)cc1.I. The Morgan fingerprint density at radius 2 is 1.85 bits per heavy atom. The summed E-state index contributed by atoms with van der Waals surface area (Å²) in [6.45, 7) is 6.21. The van der Waals surface area contributed by atoms with E-state index in [0.717, 1.165) is 30.2 Å². The van der Waals surface area contributed by atoms with Gasteiger partial charge in [-0.2, -0.15) is 11.3 Å². The molecule has 1 aromatic heterocycles. The monoisotopic (exact) mass is 486 g/mol. The molecule has 7 heteroatoms. The molecule has 0 radical (unpaired) electrons. The zero-order chi connectivity index (χ0) is 17.9. The van der Waals surface area contributed by atoms with E-state index < -0.39 is 0 Å². The molecule has 0 bridgehead atoms. The Labute approximate surface area is 176 Å². The fourth-order valence-electron chi connectivity index (χ4n) is 2.24. The smallest absolute Gasteiger partial charge is 0.224 e. The molecular weight excluding hydrogens is 459 g/mol. The van der Waals surface area contributed by atoms with Crippen molar-refractivity contribution in [3.63, 3.8) is 0 Å². The molecule has 0 spiro atoms. The Kier molecular flexibility index (Phi) is 11.0. The Hall–Kier alpha value is -1.61. The Morgan fingerprint density at radius 3 is 2.46 bits per heavy atom. The predicted octanol–water partition coefficient (Wildman–Crippen LogP) is 4.36. The maximum atomic E-state index is 11.6. The maximum absolute atomic E-state index is 11.6. The van der Waals surface area contributed by atoms with Gasteiger partial charge in [-0.1, -0.05) is 19.1 Å². The van der Waals surface area contributed by atoms with Crippen LogP contribution in [-0.2, 0) is 17.9 Å². The molecule has 1 heterocycles. The molecule has 1 amide bonds. The van der Waals surface area contributed by atoms with Crippen molar-refractivity contribution in [2.24, 2.45) is 4.99 Å². The van der Waals surface area contributed by atoms with Crippen LogP contribution in [0.2, 0.25) is 0 Å². The van der Waals surface area contributed by atoms with Gasteiger partial charge in [-0.05, 0) is 53.4 Å². The van der Waals surface area contributed by atoms with E-state index >= 15 is 0 Å². The molecule has 0 saturated carbocycles. The van der Waals surface area contributed by atoms with Crippen LogP contribution in [0, 0.1) is 0 Å². The number of rotatable bonds is 8. The summed E-state index contributed by atoms with van der Waals surface area (Å²) in [6.07, 6.45) is 1.40. The van der Waals surface area contributed by atoms with Crippen LogP contribution in [0.15, 0.2) is 46.1 Å². The lowest BCUT2D eigenvalue weighted by Gasteiger charge is -2.12. The van der Waals surface area contributed by atoms with Crippen LogP contribution in [-0.4, -0.2) is 18.4 Å². The third-order valence-corrected chi connectivity index (χ3v) is 4.25. The van der Waals surface area contributed by atoms with E-state index in [1.54, 1.807) is 11.3 Å². The van der Waals surface area contributed by atoms with Crippen LogP contribution in [0.5, 0.6) is 0 Å². The molecule has 3 N–H and O–H groups in total. The van der Waals surface area contributed by atoms with Crippen molar-refractivity contribution in [1.29, 1.82) is 0 Å². The second kappa shape index (κ2) is 12.7. The third kappa shape index (κ3) is 8.18. The first-order valence-electron chi connectivity index (χ1n) is 8.63. The highest BCUT2D eigenvalue weighted by Crippen LogP contribution is 2.10. The van der Waals surface area contributed by atoms with Gasteiger partial charge in [-0.3, -0.25) is 4.79 Å². The molecule has 1 aromatic carbocycles. The van der Waals surface area contributed by atoms with Crippen molar-refractivity contribution >= 4 is 52.9 Å². The van der Waals surface area contributed by atoms with E-state index in [1.165, 1.54) is 5.56 Å². The van der Waals surface area contributed by atoms with Gasteiger partial charge >= 0.3 is 0 Å². The number of hydrogen-bond acceptors (Lipinski definition) is 3. The summed E-state index contributed by atoms with van der Waals surface area (Å²) < 4.78 is 0. The lowest BCUT2D eigenvalue weighted by Crippen LogP contribution is -2.36. The number of anilines is 1. The molecule has 26 heavy (non-hydrogen) atoms. The van der Waals surface area contributed by atoms with Crippen molar-refractivity contribution in [3.8, 4) is 0 Å². The van der Waals surface area contributed by atoms with Gasteiger partial charge in [-0.15, -0.1) is 24.0 Å². The summed E-state index contributed by atoms with van der Waals surface area (Å²) in [6, 6.07) is 9.97. The molecule has 2 aromatic rings. The molecule has 0 aliphatic rings. The maximum Gasteiger partial charge on any atom is 0.224 e. The first-order chi connectivity index (χ1) is 12.2. The molecule has 0 unspecified atom stereocenters. The van der Waals surface area contributed by atoms with Gasteiger partial charge in [0.15, 0.2) is 5.96 Å². The van der Waals surface area contributed by atoms with Gasteiger partial charge in [-0.25, -0.2) is 4.99 Å². The van der Waals surface area contributed by atoms with Gasteiger partial charge in [0.2, 0.25) is 5.91 Å². The summed E-state index contributed by atoms with van der Waals surface area (Å²) in [7, 11) is 0. The predicted molar refractivity (Wildman–Crippen MR) is 121 cm³/mol. The minimum absolute atomic E-state index is 0. The van der Waals surface area contributed by atoms with Crippen LogP contribution in [0.1, 0.15) is 37.8 Å². The van der Waals surface area contributed by atoms with E-state index in [9.17, 15) is 4.79 Å². The van der Waals surface area contributed by atoms with Crippen LogP contribution >= 0.6 is 35.3 Å². The van der Waals surface area contributed by atoms with Crippen LogP contribution in [0.4, 0.5) is 5.69 Å². The number of halogens is 1. The van der Waals surface area contributed by atoms with Gasteiger partial charge in [0, 0.05) is 25.2 Å². The molecule has 0 aliphatic heterocycles. The van der Waals surface area contributed by atoms with Crippen molar-refractivity contribution in [3.05, 3.63) is 52.2 Å². The second-order valence-electron chi connectivity index (χ2n) is 5.68. The average Bonchev–Trinajstić information content (AvgIpc) is 3.12. The topological polar surface area (TPSA) is 65.5 Å². The van der Waals surface area contributed by atoms with Crippen LogP contribution in [0.3, 0.4) is 0 Å². The van der Waals surface area contributed by atoms with Gasteiger partial charge < -0.3 is 16.0 Å². The van der Waals surface area contributed by atoms with Crippen molar-refractivity contribution in [2.75, 3.05) is 11.9 Å². The molecule has 2 rings (SSSR count). The largest absolute Gasteiger partial charge is 0.357 e. The van der Waals surface area contributed by atoms with E-state index in [2.05, 4.69) is 44.7 Å². The minimum atomic E-state index is 0. The van der Waals surface area contributed by atoms with Crippen LogP contribution < -0.4 is 16.0 Å². The Morgan fingerprint density at radius 1 is 1.08 bits per heavy atom. The van der Waals surface area contributed by atoms with Crippen LogP contribution in [0.25, 0.3) is 0 Å². The number of carbonyl (C=O) groups is 1. The van der Waals surface area contributed by atoms with Gasteiger partial charge in [0.25, 0.3) is 0 Å². The first kappa shape index (κ1) is 22.4. The highest BCUT2D eigenvalue weighted by atomic mass is 127. The summed E-state index contributed by atoms with van der Waals surface area (Å²) in [5.74, 6) is 0.859. The summed E-state index contributed by atoms with van der Waals surface area (Å²) >= 11 is 1.68. The molecule has 0 atom stereocenters. The summed E-state index contributed by atoms with van der Waals surface area (Å²) in [5.41, 5.74) is 3.18. The number of hydrogen-bond donors (Lipinski definition) is 3. The van der Waals surface area contributed by atoms with E-state index in [-0.39, 0.29) is 29.9 Å². The molecule has 142 valence electrons. The summed E-state index contributed by atoms with van der Waals surface area (Å²) in [4.78, 5) is 16.2. The number of amides is 1. The molecular formula is C19H27IN4OS. The average molecular weight is 486 g/mol. The lowest BCUT2D eigenvalue weighted by atomic mass is 10.2. The summed E-state index contributed by atoms with van der Waals surface area (Å²) in [5, 5.41) is 13.7. The van der Waals surface area contributed by atoms with Gasteiger partial charge in [0.05, 0.1) is 6.54 Å². The van der Waals surface area contributed by atoms with Crippen molar-refractivity contribution in [2.45, 2.75) is 39.8 Å². The lowest BCUT2D eigenvalue weighted by molar-refractivity contribution is -0.116. The van der Waals surface area contributed by atoms with E-state index in [0.29, 0.717) is 19.5 Å². The van der Waals surface area contributed by atoms with E-state index in [4.69, 9.17) is 0 Å². The number of thiophene rings is 1. The van der Waals surface area contributed by atoms with E-state index in [1.807, 2.05) is 31.2 Å². The molecule has 5 nitrogen and oxygen atoms in total. The number of nitrogens with zero attached hydrogens (tertiary/aromatic N) is 1. The number of aliphatic imine (C=N–C) groups is 1. The number of benzene rings is 1. The standard InChI is InChI=1S/C19H26N4OS.HI/c1-3-5-18(24)23-17-8-6-15(7-9-17)12-21-19(20-4-2)22-13-16-10-11-25-14-16;/h6-11,14H,3-5,12-13H2,1-2H3,(H,23,24)(H2,20,21,22);1H. The van der Waals surface area contributed by atoms with Crippen molar-refractivity contribution in [1.82, 2.24) is 10.6 Å². The van der Waals surface area contributed by atoms with Gasteiger partial charge in [0.1, 0.15) is 0 Å². The zero-order valence-corrected chi connectivity index (χ0v) is 18.4. The third-order valence-electron chi connectivity index (χ3n) is 3.52.